The Morgan fingerprint density at radius 3 is 2.42 bits per heavy atom. The molecular weight excluding hydrogens is 238 g/mol. The van der Waals surface area contributed by atoms with Gasteiger partial charge in [0.05, 0.1) is 0 Å². The number of carbonyl (C=O) groups is 1. The number of rotatable bonds is 4. The third-order valence-electron chi connectivity index (χ3n) is 5.18. The van der Waals surface area contributed by atoms with Gasteiger partial charge in [-0.15, -0.1) is 0 Å². The molecule has 2 atom stereocenters. The fraction of sp³-hybridized carbons (Fsp3) is 0.933. The van der Waals surface area contributed by atoms with E-state index >= 15 is 0 Å². The van der Waals surface area contributed by atoms with E-state index < -0.39 is 0 Å². The molecule has 1 heterocycles. The summed E-state index contributed by atoms with van der Waals surface area (Å²) in [5.41, 5.74) is 5.80. The molecule has 108 valence electrons. The predicted octanol–water partition coefficient (Wildman–Crippen LogP) is 0.916. The summed E-state index contributed by atoms with van der Waals surface area (Å²) < 4.78 is 0. The first-order valence-electron chi connectivity index (χ1n) is 7.99. The van der Waals surface area contributed by atoms with E-state index in [1.54, 1.807) is 0 Å². The summed E-state index contributed by atoms with van der Waals surface area (Å²) in [7, 11) is 0. The van der Waals surface area contributed by atoms with Gasteiger partial charge in [0, 0.05) is 38.6 Å². The molecule has 0 aromatic rings. The van der Waals surface area contributed by atoms with Crippen molar-refractivity contribution in [3.8, 4) is 0 Å². The molecule has 1 amide bonds. The summed E-state index contributed by atoms with van der Waals surface area (Å²) in [6.45, 7) is 5.94. The Balaban J connectivity index is 1.48. The molecule has 1 aliphatic heterocycles. The van der Waals surface area contributed by atoms with E-state index in [9.17, 15) is 4.79 Å². The van der Waals surface area contributed by atoms with E-state index in [0.717, 1.165) is 44.9 Å². The van der Waals surface area contributed by atoms with Crippen LogP contribution in [-0.4, -0.2) is 55.0 Å². The van der Waals surface area contributed by atoms with E-state index in [-0.39, 0.29) is 5.92 Å². The summed E-state index contributed by atoms with van der Waals surface area (Å²) in [6, 6.07) is 0. The van der Waals surface area contributed by atoms with Crippen molar-refractivity contribution in [2.75, 3.05) is 39.3 Å². The minimum atomic E-state index is 0.222. The number of piperazine rings is 1. The van der Waals surface area contributed by atoms with Crippen LogP contribution in [-0.2, 0) is 4.79 Å². The molecule has 0 bridgehead atoms. The van der Waals surface area contributed by atoms with Gasteiger partial charge in [-0.25, -0.2) is 0 Å². The molecule has 1 saturated heterocycles. The predicted molar refractivity (Wildman–Crippen MR) is 75.6 cm³/mol. The molecule has 2 aliphatic carbocycles. The maximum Gasteiger partial charge on any atom is 0.226 e. The van der Waals surface area contributed by atoms with Gasteiger partial charge in [-0.3, -0.25) is 9.69 Å². The number of hydrogen-bond acceptors (Lipinski definition) is 3. The first kappa shape index (κ1) is 13.4. The summed E-state index contributed by atoms with van der Waals surface area (Å²) in [4.78, 5) is 17.2. The van der Waals surface area contributed by atoms with Crippen molar-refractivity contribution in [3.05, 3.63) is 0 Å². The highest BCUT2D eigenvalue weighted by Gasteiger charge is 2.36. The van der Waals surface area contributed by atoms with E-state index in [4.69, 9.17) is 5.73 Å². The largest absolute Gasteiger partial charge is 0.340 e. The van der Waals surface area contributed by atoms with E-state index in [1.807, 2.05) is 0 Å². The molecule has 2 saturated carbocycles. The molecule has 3 rings (SSSR count). The van der Waals surface area contributed by atoms with Gasteiger partial charge < -0.3 is 10.6 Å². The van der Waals surface area contributed by atoms with Crippen LogP contribution in [0.4, 0.5) is 0 Å². The highest BCUT2D eigenvalue weighted by atomic mass is 16.2. The maximum absolute atomic E-state index is 12.6. The Labute approximate surface area is 116 Å². The van der Waals surface area contributed by atoms with Crippen molar-refractivity contribution in [1.29, 1.82) is 0 Å². The smallest absolute Gasteiger partial charge is 0.226 e. The van der Waals surface area contributed by atoms with Crippen LogP contribution in [0.5, 0.6) is 0 Å². The first-order chi connectivity index (χ1) is 9.28. The summed E-state index contributed by atoms with van der Waals surface area (Å²) in [6.07, 6.45) is 6.22. The van der Waals surface area contributed by atoms with Gasteiger partial charge in [0.1, 0.15) is 0 Å². The zero-order valence-electron chi connectivity index (χ0n) is 11.9. The Morgan fingerprint density at radius 2 is 1.79 bits per heavy atom. The topological polar surface area (TPSA) is 49.6 Å². The summed E-state index contributed by atoms with van der Waals surface area (Å²) in [5, 5.41) is 0. The van der Waals surface area contributed by atoms with Gasteiger partial charge in [0.25, 0.3) is 0 Å². The Hall–Kier alpha value is -0.610. The number of hydrogen-bond donors (Lipinski definition) is 1. The average molecular weight is 265 g/mol. The first-order valence-corrected chi connectivity index (χ1v) is 7.99. The van der Waals surface area contributed by atoms with Gasteiger partial charge >= 0.3 is 0 Å². The maximum atomic E-state index is 12.6. The zero-order chi connectivity index (χ0) is 13.2. The molecule has 2 unspecified atom stereocenters. The number of carbonyl (C=O) groups excluding carboxylic acids is 1. The number of nitrogens with zero attached hydrogens (tertiary/aromatic N) is 2. The van der Waals surface area contributed by atoms with Crippen LogP contribution < -0.4 is 5.73 Å². The summed E-state index contributed by atoms with van der Waals surface area (Å²) in [5.74, 6) is 2.01. The van der Waals surface area contributed by atoms with Crippen molar-refractivity contribution in [3.63, 3.8) is 0 Å². The fourth-order valence-electron chi connectivity index (χ4n) is 3.69. The number of nitrogens with two attached hydrogens (primary N) is 1. The minimum Gasteiger partial charge on any atom is -0.340 e. The molecule has 0 spiro atoms. The molecule has 2 N–H and O–H groups in total. The third kappa shape index (κ3) is 3.11. The van der Waals surface area contributed by atoms with Crippen LogP contribution in [0.3, 0.4) is 0 Å². The highest BCUT2D eigenvalue weighted by molar-refractivity contribution is 5.79. The van der Waals surface area contributed by atoms with Crippen LogP contribution in [0, 0.1) is 17.8 Å². The SMILES string of the molecule is NCC1CCCC1C(=O)N1CCN(CC2CC2)CC1. The lowest BCUT2D eigenvalue weighted by Gasteiger charge is -2.36. The lowest BCUT2D eigenvalue weighted by Crippen LogP contribution is -2.51. The van der Waals surface area contributed by atoms with Gasteiger partial charge in [0.2, 0.25) is 5.91 Å². The van der Waals surface area contributed by atoms with Crippen LogP contribution in [0.15, 0.2) is 0 Å². The Bertz CT molecular complexity index is 321. The third-order valence-corrected chi connectivity index (χ3v) is 5.18. The van der Waals surface area contributed by atoms with Crippen LogP contribution in [0.1, 0.15) is 32.1 Å². The Kier molecular flexibility index (Phi) is 4.08. The monoisotopic (exact) mass is 265 g/mol. The van der Waals surface area contributed by atoms with Crippen molar-refractivity contribution < 1.29 is 4.79 Å². The minimum absolute atomic E-state index is 0.222. The molecular formula is C15H27N3O. The van der Waals surface area contributed by atoms with Crippen LogP contribution in [0.25, 0.3) is 0 Å². The van der Waals surface area contributed by atoms with Gasteiger partial charge in [-0.1, -0.05) is 6.42 Å². The van der Waals surface area contributed by atoms with Gasteiger partial charge in [-0.2, -0.15) is 0 Å². The quantitative estimate of drug-likeness (QED) is 0.822. The molecule has 4 nitrogen and oxygen atoms in total. The van der Waals surface area contributed by atoms with Crippen LogP contribution >= 0.6 is 0 Å². The highest BCUT2D eigenvalue weighted by Crippen LogP contribution is 2.33. The second kappa shape index (κ2) is 5.80. The van der Waals surface area contributed by atoms with Gasteiger partial charge in [0.15, 0.2) is 0 Å². The van der Waals surface area contributed by atoms with Crippen molar-refractivity contribution in [2.45, 2.75) is 32.1 Å². The molecule has 19 heavy (non-hydrogen) atoms. The average Bonchev–Trinajstić information content (AvgIpc) is 3.12. The van der Waals surface area contributed by atoms with E-state index in [1.165, 1.54) is 25.8 Å². The second-order valence-electron chi connectivity index (χ2n) is 6.60. The number of amides is 1. The lowest BCUT2D eigenvalue weighted by atomic mass is 9.94. The second-order valence-corrected chi connectivity index (χ2v) is 6.60. The van der Waals surface area contributed by atoms with Gasteiger partial charge in [-0.05, 0) is 44.1 Å². The molecule has 3 aliphatic rings. The lowest BCUT2D eigenvalue weighted by molar-refractivity contribution is -0.138. The molecule has 3 fully saturated rings. The molecule has 0 radical (unpaired) electrons. The van der Waals surface area contributed by atoms with E-state index in [0.29, 0.717) is 18.4 Å². The standard InChI is InChI=1S/C15H27N3O/c16-10-13-2-1-3-14(13)15(19)18-8-6-17(7-9-18)11-12-4-5-12/h12-14H,1-11,16H2. The van der Waals surface area contributed by atoms with Crippen molar-refractivity contribution in [2.24, 2.45) is 23.5 Å². The van der Waals surface area contributed by atoms with Crippen molar-refractivity contribution in [1.82, 2.24) is 9.80 Å². The van der Waals surface area contributed by atoms with E-state index in [2.05, 4.69) is 9.80 Å². The Morgan fingerprint density at radius 1 is 1.05 bits per heavy atom. The fourth-order valence-corrected chi connectivity index (χ4v) is 3.69. The molecule has 4 heteroatoms. The molecule has 0 aromatic heterocycles. The molecule has 0 aromatic carbocycles. The summed E-state index contributed by atoms with van der Waals surface area (Å²) >= 11 is 0. The zero-order valence-corrected chi connectivity index (χ0v) is 11.9. The van der Waals surface area contributed by atoms with Crippen molar-refractivity contribution >= 4 is 5.91 Å². The normalized spacial score (nSPS) is 32.8. The van der Waals surface area contributed by atoms with Crippen LogP contribution in [0.2, 0.25) is 0 Å².